The first-order valence-corrected chi connectivity index (χ1v) is 11.7. The Kier molecular flexibility index (Phi) is 6.45. The number of carbonyl (C=O) groups excluding carboxylic acids is 1. The molecule has 1 N–H and O–H groups in total. The summed E-state index contributed by atoms with van der Waals surface area (Å²) in [7, 11) is 5.12. The summed E-state index contributed by atoms with van der Waals surface area (Å²) in [6.07, 6.45) is 3.58. The Morgan fingerprint density at radius 3 is 2.31 bits per heavy atom. The van der Waals surface area contributed by atoms with Crippen LogP contribution in [0.1, 0.15) is 17.4 Å². The Bertz CT molecular complexity index is 1480. The topological polar surface area (TPSA) is 70.3 Å². The van der Waals surface area contributed by atoms with Crippen LogP contribution in [-0.2, 0) is 18.4 Å². The zero-order chi connectivity index (χ0) is 25.1. The molecule has 3 aromatic carbocycles. The molecule has 0 fully saturated rings. The highest BCUT2D eigenvalue weighted by Gasteiger charge is 2.23. The van der Waals surface area contributed by atoms with E-state index in [1.54, 1.807) is 26.5 Å². The van der Waals surface area contributed by atoms with Crippen LogP contribution in [0.4, 0.5) is 0 Å². The fraction of sp³-hybridized carbons (Fsp3) is 0.172. The molecule has 1 unspecified atom stereocenters. The van der Waals surface area contributed by atoms with Crippen LogP contribution in [0.15, 0.2) is 91.3 Å². The molecule has 0 spiro atoms. The van der Waals surface area contributed by atoms with E-state index in [1.165, 1.54) is 0 Å². The van der Waals surface area contributed by atoms with Gasteiger partial charge in [-0.15, -0.1) is 0 Å². The maximum atomic E-state index is 13.6. The van der Waals surface area contributed by atoms with Gasteiger partial charge in [0.05, 0.1) is 14.2 Å². The van der Waals surface area contributed by atoms with Crippen molar-refractivity contribution >= 4 is 16.8 Å². The van der Waals surface area contributed by atoms with Crippen LogP contribution in [0.5, 0.6) is 11.5 Å². The van der Waals surface area contributed by atoms with Crippen LogP contribution in [0.25, 0.3) is 22.2 Å². The first kappa shape index (κ1) is 23.2. The number of aryl methyl sites for hydroxylation is 1. The van der Waals surface area contributed by atoms with E-state index in [0.29, 0.717) is 17.3 Å². The number of hydrogen-bond donors (Lipinski definition) is 1. The maximum Gasteiger partial charge on any atom is 0.240 e. The second-order valence-electron chi connectivity index (χ2n) is 8.58. The molecule has 2 heterocycles. The van der Waals surface area contributed by atoms with E-state index < -0.39 is 6.04 Å². The largest absolute Gasteiger partial charge is 0.497 e. The predicted octanol–water partition coefficient (Wildman–Crippen LogP) is 4.96. The molecule has 0 saturated carbocycles. The van der Waals surface area contributed by atoms with E-state index in [1.807, 2.05) is 66.3 Å². The second-order valence-corrected chi connectivity index (χ2v) is 8.58. The van der Waals surface area contributed by atoms with Gasteiger partial charge in [-0.3, -0.25) is 4.79 Å². The van der Waals surface area contributed by atoms with Gasteiger partial charge in [-0.25, -0.2) is 4.98 Å². The van der Waals surface area contributed by atoms with E-state index in [-0.39, 0.29) is 12.5 Å². The smallest absolute Gasteiger partial charge is 0.240 e. The molecule has 0 aliphatic carbocycles. The summed E-state index contributed by atoms with van der Waals surface area (Å²) in [6.45, 7) is 0.153. The third kappa shape index (κ3) is 4.55. The lowest BCUT2D eigenvalue weighted by Crippen LogP contribution is -2.33. The molecular weight excluding hydrogens is 452 g/mol. The lowest BCUT2D eigenvalue weighted by atomic mass is 10.0. The summed E-state index contributed by atoms with van der Waals surface area (Å²) in [6, 6.07) is 25.4. The lowest BCUT2D eigenvalue weighted by Gasteiger charge is -2.21. The molecule has 1 amide bonds. The fourth-order valence-corrected chi connectivity index (χ4v) is 4.53. The van der Waals surface area contributed by atoms with Crippen molar-refractivity contribution in [1.82, 2.24) is 19.4 Å². The number of carbonyl (C=O) groups is 1. The van der Waals surface area contributed by atoms with Gasteiger partial charge in [0.1, 0.15) is 29.9 Å². The zero-order valence-electron chi connectivity index (χ0n) is 20.5. The van der Waals surface area contributed by atoms with Gasteiger partial charge >= 0.3 is 0 Å². The standard InChI is InChI=1S/C29H28N4O3/c1-32-14-13-30-29(32)28(22-15-23(35-2)18-24(16-22)36-3)31-27(34)19-33-25-12-8-7-11-21(25)17-26(33)20-9-5-4-6-10-20/h4-18,28H,19H2,1-3H3,(H,31,34). The van der Waals surface area contributed by atoms with Crippen molar-refractivity contribution in [1.29, 1.82) is 0 Å². The van der Waals surface area contributed by atoms with Crippen molar-refractivity contribution in [3.8, 4) is 22.8 Å². The average molecular weight is 481 g/mol. The quantitative estimate of drug-likeness (QED) is 0.341. The number of ether oxygens (including phenoxy) is 2. The lowest BCUT2D eigenvalue weighted by molar-refractivity contribution is -0.122. The van der Waals surface area contributed by atoms with Crippen molar-refractivity contribution < 1.29 is 14.3 Å². The molecule has 0 aliphatic rings. The summed E-state index contributed by atoms with van der Waals surface area (Å²) in [5.41, 5.74) is 3.86. The monoisotopic (exact) mass is 480 g/mol. The minimum absolute atomic E-state index is 0.136. The van der Waals surface area contributed by atoms with E-state index in [4.69, 9.17) is 9.47 Å². The van der Waals surface area contributed by atoms with Crippen molar-refractivity contribution in [2.24, 2.45) is 7.05 Å². The number of nitrogens with zero attached hydrogens (tertiary/aromatic N) is 3. The molecule has 7 nitrogen and oxygen atoms in total. The number of aromatic nitrogens is 3. The van der Waals surface area contributed by atoms with Crippen LogP contribution >= 0.6 is 0 Å². The average Bonchev–Trinajstić information content (AvgIpc) is 3.50. The van der Waals surface area contributed by atoms with Crippen LogP contribution in [0, 0.1) is 0 Å². The molecule has 5 rings (SSSR count). The molecule has 0 saturated heterocycles. The molecular formula is C29H28N4O3. The highest BCUT2D eigenvalue weighted by molar-refractivity contribution is 5.89. The number of para-hydroxylation sites is 1. The van der Waals surface area contributed by atoms with E-state index in [2.05, 4.69) is 39.1 Å². The third-order valence-corrected chi connectivity index (χ3v) is 6.31. The van der Waals surface area contributed by atoms with Gasteiger partial charge in [0, 0.05) is 42.1 Å². The third-order valence-electron chi connectivity index (χ3n) is 6.31. The van der Waals surface area contributed by atoms with E-state index >= 15 is 0 Å². The van der Waals surface area contributed by atoms with Gasteiger partial charge in [0.25, 0.3) is 0 Å². The first-order chi connectivity index (χ1) is 17.6. The van der Waals surface area contributed by atoms with Gasteiger partial charge in [0.15, 0.2) is 0 Å². The molecule has 1 atom stereocenters. The van der Waals surface area contributed by atoms with Crippen molar-refractivity contribution in [3.63, 3.8) is 0 Å². The Hall–Kier alpha value is -4.52. The van der Waals surface area contributed by atoms with Crippen LogP contribution in [-0.4, -0.2) is 34.2 Å². The molecule has 0 radical (unpaired) electrons. The first-order valence-electron chi connectivity index (χ1n) is 11.7. The summed E-state index contributed by atoms with van der Waals surface area (Å²) in [5.74, 6) is 1.85. The van der Waals surface area contributed by atoms with Crippen molar-refractivity contribution in [2.75, 3.05) is 14.2 Å². The Balaban J connectivity index is 1.52. The SMILES string of the molecule is COc1cc(OC)cc(C(NC(=O)Cn2c(-c3ccccc3)cc3ccccc32)c2nccn2C)c1. The Labute approximate surface area is 209 Å². The summed E-state index contributed by atoms with van der Waals surface area (Å²) >= 11 is 0. The summed E-state index contributed by atoms with van der Waals surface area (Å²) < 4.78 is 14.9. The van der Waals surface area contributed by atoms with Crippen LogP contribution in [0.2, 0.25) is 0 Å². The predicted molar refractivity (Wildman–Crippen MR) is 140 cm³/mol. The molecule has 182 valence electrons. The van der Waals surface area contributed by atoms with Gasteiger partial charge < -0.3 is 23.9 Å². The number of amides is 1. The van der Waals surface area contributed by atoms with Crippen molar-refractivity contribution in [2.45, 2.75) is 12.6 Å². The molecule has 2 aromatic heterocycles. The number of rotatable bonds is 8. The number of imidazole rings is 1. The molecule has 5 aromatic rings. The minimum Gasteiger partial charge on any atom is -0.497 e. The van der Waals surface area contributed by atoms with E-state index in [0.717, 1.165) is 27.7 Å². The Morgan fingerprint density at radius 2 is 1.64 bits per heavy atom. The molecule has 0 bridgehead atoms. The van der Waals surface area contributed by atoms with Crippen LogP contribution < -0.4 is 14.8 Å². The van der Waals surface area contributed by atoms with Gasteiger partial charge in [-0.05, 0) is 35.4 Å². The highest BCUT2D eigenvalue weighted by atomic mass is 16.5. The minimum atomic E-state index is -0.497. The van der Waals surface area contributed by atoms with Gasteiger partial charge in [0.2, 0.25) is 5.91 Å². The fourth-order valence-electron chi connectivity index (χ4n) is 4.53. The van der Waals surface area contributed by atoms with Gasteiger partial charge in [-0.1, -0.05) is 48.5 Å². The van der Waals surface area contributed by atoms with Crippen molar-refractivity contribution in [3.05, 3.63) is 103 Å². The molecule has 7 heteroatoms. The number of hydrogen-bond acceptors (Lipinski definition) is 4. The molecule has 0 aliphatic heterocycles. The van der Waals surface area contributed by atoms with Gasteiger partial charge in [-0.2, -0.15) is 0 Å². The number of nitrogens with one attached hydrogen (secondary N) is 1. The highest BCUT2D eigenvalue weighted by Crippen LogP contribution is 2.31. The number of fused-ring (bicyclic) bond motifs is 1. The molecule has 36 heavy (non-hydrogen) atoms. The Morgan fingerprint density at radius 1 is 0.944 bits per heavy atom. The zero-order valence-corrected chi connectivity index (χ0v) is 20.5. The van der Waals surface area contributed by atoms with Crippen LogP contribution in [0.3, 0.4) is 0 Å². The number of methoxy groups -OCH3 is 2. The summed E-state index contributed by atoms with van der Waals surface area (Å²) in [4.78, 5) is 18.1. The number of benzene rings is 3. The maximum absolute atomic E-state index is 13.6. The normalized spacial score (nSPS) is 11.9. The van der Waals surface area contributed by atoms with E-state index in [9.17, 15) is 4.79 Å². The summed E-state index contributed by atoms with van der Waals surface area (Å²) in [5, 5.41) is 4.29. The second kappa shape index (κ2) is 10.00.